The molecule has 8 heteroatoms. The average Bonchev–Trinajstić information content (AvgIpc) is 1.68. The van der Waals surface area contributed by atoms with E-state index in [2.05, 4.69) is 8.62 Å². The molecule has 0 aromatic rings. The summed E-state index contributed by atoms with van der Waals surface area (Å²) in [6.45, 7) is 0. The van der Waals surface area contributed by atoms with E-state index in [1.54, 1.807) is 0 Å². The molecule has 0 aliphatic heterocycles. The van der Waals surface area contributed by atoms with Crippen molar-refractivity contribution < 1.29 is 23.3 Å². The van der Waals surface area contributed by atoms with Gasteiger partial charge in [-0.25, -0.2) is 0 Å². The van der Waals surface area contributed by atoms with E-state index < -0.39 is 26.7 Å². The van der Waals surface area contributed by atoms with Gasteiger partial charge >= 0.3 is 8.60 Å². The summed E-state index contributed by atoms with van der Waals surface area (Å²) < 4.78 is 8.22. The first-order valence-electron chi connectivity index (χ1n) is 1.42. The highest BCUT2D eigenvalue weighted by atomic mass is 31.2. The van der Waals surface area contributed by atoms with Gasteiger partial charge in [0, 0.05) is 0 Å². The number of hydrogen-bond donors (Lipinski definition) is 3. The normalized spacial score (nSPS) is 16.9. The van der Waals surface area contributed by atoms with E-state index >= 15 is 0 Å². The molecule has 0 aliphatic rings. The molecule has 0 radical (unpaired) electrons. The Balaban J connectivity index is 2.92. The molecule has 2 atom stereocenters. The van der Waals surface area contributed by atoms with Crippen molar-refractivity contribution in [3.05, 3.63) is 0 Å². The highest BCUT2D eigenvalue weighted by Gasteiger charge is 2.03. The second-order valence-corrected chi connectivity index (χ2v) is 2.90. The van der Waals surface area contributed by atoms with Crippen molar-refractivity contribution >= 4 is 26.7 Å². The molecule has 2 unspecified atom stereocenters. The topological polar surface area (TPSA) is 79.2 Å². The van der Waals surface area contributed by atoms with Crippen molar-refractivity contribution in [2.45, 2.75) is 0 Å². The van der Waals surface area contributed by atoms with Crippen LogP contribution in [0.5, 0.6) is 0 Å². The van der Waals surface area contributed by atoms with Crippen LogP contribution in [-0.2, 0) is 8.62 Å². The summed E-state index contributed by atoms with van der Waals surface area (Å²) in [7, 11) is -3.67. The third-order valence-corrected chi connectivity index (χ3v) is 2.14. The van der Waals surface area contributed by atoms with Crippen molar-refractivity contribution in [1.29, 1.82) is 0 Å². The van der Waals surface area contributed by atoms with Gasteiger partial charge in [-0.3, -0.25) is 8.62 Å². The molecule has 0 aromatic carbocycles. The van der Waals surface area contributed by atoms with E-state index in [9.17, 15) is 0 Å². The Bertz CT molecular complexity index is 40.9. The standard InChI is InChI=1S/H5O5P3/c1-6-4-8(3)5-7-2/h1-3,6-7H. The molecular formula is H5O5P3. The van der Waals surface area contributed by atoms with Gasteiger partial charge in [-0.05, 0) is 0 Å². The molecule has 0 saturated heterocycles. The van der Waals surface area contributed by atoms with Crippen LogP contribution in [0.4, 0.5) is 0 Å². The fourth-order valence-electron chi connectivity index (χ4n) is 0.0885. The Hall–Kier alpha value is 1.09. The first-order valence-corrected chi connectivity index (χ1v) is 4.26. The maximum Gasteiger partial charge on any atom is 0.340 e. The average molecular weight is 178 g/mol. The Morgan fingerprint density at radius 2 is 1.50 bits per heavy atom. The molecule has 3 N–H and O–H groups in total. The van der Waals surface area contributed by atoms with Crippen LogP contribution in [0.25, 0.3) is 0 Å². The Kier molecular flexibility index (Phi) is 7.06. The lowest BCUT2D eigenvalue weighted by atomic mass is 15.7. The third-order valence-electron chi connectivity index (χ3n) is 0.238. The highest BCUT2D eigenvalue weighted by molar-refractivity contribution is 7.54. The van der Waals surface area contributed by atoms with Crippen molar-refractivity contribution in [1.82, 2.24) is 0 Å². The second kappa shape index (κ2) is 6.21. The van der Waals surface area contributed by atoms with Gasteiger partial charge in [0.25, 0.3) is 0 Å². The van der Waals surface area contributed by atoms with Gasteiger partial charge in [-0.1, -0.05) is 0 Å². The van der Waals surface area contributed by atoms with Crippen molar-refractivity contribution in [3.63, 3.8) is 0 Å². The molecule has 8 heavy (non-hydrogen) atoms. The molecule has 0 rings (SSSR count). The minimum Gasteiger partial charge on any atom is -0.352 e. The van der Waals surface area contributed by atoms with E-state index in [0.29, 0.717) is 0 Å². The lowest BCUT2D eigenvalue weighted by Gasteiger charge is -2.02. The van der Waals surface area contributed by atoms with Gasteiger partial charge in [0.1, 0.15) is 0 Å². The van der Waals surface area contributed by atoms with E-state index in [1.165, 1.54) is 0 Å². The minimum absolute atomic E-state index is 0.805. The fourth-order valence-corrected chi connectivity index (χ4v) is 1.13. The Labute approximate surface area is 50.9 Å². The lowest BCUT2D eigenvalue weighted by Crippen LogP contribution is -1.69. The first-order chi connectivity index (χ1) is 3.81. The number of rotatable bonds is 4. The maximum absolute atomic E-state index is 8.36. The Morgan fingerprint density at radius 3 is 1.75 bits per heavy atom. The zero-order valence-electron chi connectivity index (χ0n) is 3.61. The lowest BCUT2D eigenvalue weighted by molar-refractivity contribution is 0.385. The van der Waals surface area contributed by atoms with Gasteiger partial charge in [0.05, 0.1) is 0 Å². The SMILES string of the molecule is OPOP(O)OPO. The molecule has 0 spiro atoms. The van der Waals surface area contributed by atoms with Gasteiger partial charge < -0.3 is 14.7 Å². The fraction of sp³-hybridized carbons (Fsp3) is 0. The predicted octanol–water partition coefficient (Wildman–Crippen LogP) is 0.240. The molecule has 0 heterocycles. The van der Waals surface area contributed by atoms with Gasteiger partial charge in [0.2, 0.25) is 0 Å². The van der Waals surface area contributed by atoms with Crippen molar-refractivity contribution in [2.24, 2.45) is 0 Å². The largest absolute Gasteiger partial charge is 0.352 e. The van der Waals surface area contributed by atoms with Crippen LogP contribution < -0.4 is 0 Å². The minimum atomic E-state index is -2.06. The molecule has 0 amide bonds. The predicted molar refractivity (Wildman–Crippen MR) is 32.4 cm³/mol. The van der Waals surface area contributed by atoms with Crippen LogP contribution in [0.1, 0.15) is 0 Å². The maximum atomic E-state index is 8.36. The van der Waals surface area contributed by atoms with Crippen LogP contribution in [-0.4, -0.2) is 14.7 Å². The quantitative estimate of drug-likeness (QED) is 0.537. The van der Waals surface area contributed by atoms with Gasteiger partial charge in [-0.15, -0.1) is 0 Å². The summed E-state index contributed by atoms with van der Waals surface area (Å²) in [5, 5.41) is 0. The van der Waals surface area contributed by atoms with Crippen LogP contribution in [0.15, 0.2) is 0 Å². The van der Waals surface area contributed by atoms with Crippen LogP contribution in [0.2, 0.25) is 0 Å². The summed E-state index contributed by atoms with van der Waals surface area (Å²) >= 11 is 0. The number of hydrogen-bond acceptors (Lipinski definition) is 5. The van der Waals surface area contributed by atoms with Crippen LogP contribution in [0, 0.1) is 0 Å². The molecule has 0 saturated carbocycles. The van der Waals surface area contributed by atoms with E-state index in [4.69, 9.17) is 14.7 Å². The van der Waals surface area contributed by atoms with Crippen LogP contribution >= 0.6 is 26.7 Å². The zero-order valence-corrected chi connectivity index (χ0v) is 6.50. The summed E-state index contributed by atoms with van der Waals surface area (Å²) in [6.07, 6.45) is 0. The first kappa shape index (κ1) is 9.09. The third kappa shape index (κ3) is 5.23. The molecule has 0 aromatic heterocycles. The van der Waals surface area contributed by atoms with Gasteiger partial charge in [0.15, 0.2) is 18.1 Å². The summed E-state index contributed by atoms with van der Waals surface area (Å²) in [6, 6.07) is 0. The highest BCUT2D eigenvalue weighted by Crippen LogP contribution is 2.43. The molecular weight excluding hydrogens is 173 g/mol. The molecule has 0 aliphatic carbocycles. The molecule has 0 bridgehead atoms. The molecule has 0 fully saturated rings. The monoisotopic (exact) mass is 178 g/mol. The van der Waals surface area contributed by atoms with E-state index in [-0.39, 0.29) is 0 Å². The summed E-state index contributed by atoms with van der Waals surface area (Å²) in [4.78, 5) is 24.3. The summed E-state index contributed by atoms with van der Waals surface area (Å²) in [5.41, 5.74) is 0. The van der Waals surface area contributed by atoms with Crippen molar-refractivity contribution in [2.75, 3.05) is 0 Å². The van der Waals surface area contributed by atoms with Crippen LogP contribution in [0.3, 0.4) is 0 Å². The molecule has 5 nitrogen and oxygen atoms in total. The van der Waals surface area contributed by atoms with E-state index in [0.717, 1.165) is 0 Å². The second-order valence-electron chi connectivity index (χ2n) is 0.603. The van der Waals surface area contributed by atoms with E-state index in [1.807, 2.05) is 0 Å². The summed E-state index contributed by atoms with van der Waals surface area (Å²) in [5.74, 6) is 0. The zero-order chi connectivity index (χ0) is 6.41. The smallest absolute Gasteiger partial charge is 0.340 e. The Morgan fingerprint density at radius 1 is 1.12 bits per heavy atom. The molecule has 50 valence electrons. The van der Waals surface area contributed by atoms with Gasteiger partial charge in [-0.2, -0.15) is 0 Å². The van der Waals surface area contributed by atoms with Crippen molar-refractivity contribution in [3.8, 4) is 0 Å².